The van der Waals surface area contributed by atoms with E-state index in [2.05, 4.69) is 25.2 Å². The normalized spacial score (nSPS) is 14.5. The summed E-state index contributed by atoms with van der Waals surface area (Å²) in [6.07, 6.45) is 8.23. The predicted octanol–water partition coefficient (Wildman–Crippen LogP) is 3.52. The fourth-order valence-electron chi connectivity index (χ4n) is 3.21. The van der Waals surface area contributed by atoms with Crippen LogP contribution in [0.2, 0.25) is 0 Å². The van der Waals surface area contributed by atoms with Crippen molar-refractivity contribution in [3.05, 3.63) is 67.3 Å². The number of piperidine rings is 1. The summed E-state index contributed by atoms with van der Waals surface area (Å²) in [5.74, 6) is 1.92. The SMILES string of the molecule is O=C(Nc1cnccc1Oc1ccccc1)C1CCN(c2ncccn2)CC1. The number of rotatable bonds is 5. The Morgan fingerprint density at radius 1 is 1.00 bits per heavy atom. The molecule has 1 aliphatic heterocycles. The maximum absolute atomic E-state index is 12.8. The Balaban J connectivity index is 1.38. The van der Waals surface area contributed by atoms with Crippen LogP contribution in [0.15, 0.2) is 67.3 Å². The summed E-state index contributed by atoms with van der Waals surface area (Å²) in [4.78, 5) is 27.6. The molecule has 1 amide bonds. The topological polar surface area (TPSA) is 80.2 Å². The standard InChI is InChI=1S/C21H21N5O2/c27-20(16-8-13-26(14-9-16)21-23-10-4-11-24-21)25-18-15-22-12-7-19(18)28-17-5-2-1-3-6-17/h1-7,10-12,15-16H,8-9,13-14H2,(H,25,27). The Morgan fingerprint density at radius 2 is 1.75 bits per heavy atom. The zero-order valence-electron chi connectivity index (χ0n) is 15.4. The second-order valence-electron chi connectivity index (χ2n) is 6.59. The molecule has 28 heavy (non-hydrogen) atoms. The van der Waals surface area contributed by atoms with E-state index in [0.717, 1.165) is 25.9 Å². The molecule has 1 saturated heterocycles. The Morgan fingerprint density at radius 3 is 2.50 bits per heavy atom. The number of carbonyl (C=O) groups excluding carboxylic acids is 1. The van der Waals surface area contributed by atoms with Crippen LogP contribution in [0.25, 0.3) is 0 Å². The molecule has 1 N–H and O–H groups in total. The molecule has 2 aromatic heterocycles. The first-order valence-corrected chi connectivity index (χ1v) is 9.29. The van der Waals surface area contributed by atoms with E-state index in [1.54, 1.807) is 36.9 Å². The minimum atomic E-state index is -0.0651. The molecule has 1 aliphatic rings. The van der Waals surface area contributed by atoms with Gasteiger partial charge in [0.05, 0.1) is 6.20 Å². The predicted molar refractivity (Wildman–Crippen MR) is 106 cm³/mol. The van der Waals surface area contributed by atoms with Crippen LogP contribution in [0.1, 0.15) is 12.8 Å². The molecule has 7 heteroatoms. The quantitative estimate of drug-likeness (QED) is 0.735. The Hall–Kier alpha value is -3.48. The molecular formula is C21H21N5O2. The third-order valence-corrected chi connectivity index (χ3v) is 4.71. The highest BCUT2D eigenvalue weighted by Crippen LogP contribution is 2.29. The minimum Gasteiger partial charge on any atom is -0.455 e. The zero-order valence-corrected chi connectivity index (χ0v) is 15.4. The highest BCUT2D eigenvalue weighted by atomic mass is 16.5. The van der Waals surface area contributed by atoms with Gasteiger partial charge in [-0.2, -0.15) is 0 Å². The molecule has 0 bridgehead atoms. The maximum atomic E-state index is 12.8. The third kappa shape index (κ3) is 4.25. The molecule has 1 aromatic carbocycles. The molecule has 0 atom stereocenters. The molecule has 0 saturated carbocycles. The first kappa shape index (κ1) is 17.9. The van der Waals surface area contributed by atoms with E-state index >= 15 is 0 Å². The van der Waals surface area contributed by atoms with Crippen LogP contribution < -0.4 is 15.0 Å². The number of anilines is 2. The molecule has 0 aliphatic carbocycles. The number of hydrogen-bond donors (Lipinski definition) is 1. The summed E-state index contributed by atoms with van der Waals surface area (Å²) >= 11 is 0. The van der Waals surface area contributed by atoms with E-state index in [1.165, 1.54) is 0 Å². The lowest BCUT2D eigenvalue weighted by atomic mass is 9.96. The molecule has 4 rings (SSSR count). The number of pyridine rings is 1. The van der Waals surface area contributed by atoms with Crippen molar-refractivity contribution >= 4 is 17.5 Å². The van der Waals surface area contributed by atoms with Crippen LogP contribution in [-0.4, -0.2) is 33.9 Å². The summed E-state index contributed by atoms with van der Waals surface area (Å²) in [6, 6.07) is 13.0. The van der Waals surface area contributed by atoms with Gasteiger partial charge in [0.2, 0.25) is 11.9 Å². The number of nitrogens with one attached hydrogen (secondary N) is 1. The minimum absolute atomic E-state index is 0.0143. The number of benzene rings is 1. The molecule has 142 valence electrons. The first-order valence-electron chi connectivity index (χ1n) is 9.29. The average molecular weight is 375 g/mol. The lowest BCUT2D eigenvalue weighted by Crippen LogP contribution is -2.39. The molecule has 7 nitrogen and oxygen atoms in total. The number of aromatic nitrogens is 3. The first-order chi connectivity index (χ1) is 13.8. The number of nitrogens with zero attached hydrogens (tertiary/aromatic N) is 4. The number of ether oxygens (including phenoxy) is 1. The Kier molecular flexibility index (Phi) is 5.42. The monoisotopic (exact) mass is 375 g/mol. The van der Waals surface area contributed by atoms with Crippen LogP contribution in [0.5, 0.6) is 11.5 Å². The van der Waals surface area contributed by atoms with Gasteiger partial charge < -0.3 is 15.0 Å². The summed E-state index contributed by atoms with van der Waals surface area (Å²) in [7, 11) is 0. The zero-order chi connectivity index (χ0) is 19.2. The van der Waals surface area contributed by atoms with Gasteiger partial charge in [0.25, 0.3) is 0 Å². The van der Waals surface area contributed by atoms with E-state index in [0.29, 0.717) is 23.1 Å². The van der Waals surface area contributed by atoms with Gasteiger partial charge in [-0.25, -0.2) is 9.97 Å². The van der Waals surface area contributed by atoms with Crippen molar-refractivity contribution in [2.45, 2.75) is 12.8 Å². The van der Waals surface area contributed by atoms with Gasteiger partial charge in [0.1, 0.15) is 11.4 Å². The van der Waals surface area contributed by atoms with Crippen molar-refractivity contribution in [3.63, 3.8) is 0 Å². The van der Waals surface area contributed by atoms with Crippen LogP contribution in [0.4, 0.5) is 11.6 Å². The molecule has 1 fully saturated rings. The highest BCUT2D eigenvalue weighted by Gasteiger charge is 2.26. The van der Waals surface area contributed by atoms with Crippen LogP contribution >= 0.6 is 0 Å². The third-order valence-electron chi connectivity index (χ3n) is 4.71. The van der Waals surface area contributed by atoms with Gasteiger partial charge in [-0.15, -0.1) is 0 Å². The van der Waals surface area contributed by atoms with Gasteiger partial charge in [-0.05, 0) is 31.0 Å². The number of hydrogen-bond acceptors (Lipinski definition) is 6. The summed E-state index contributed by atoms with van der Waals surface area (Å²) in [5, 5.41) is 2.98. The van der Waals surface area contributed by atoms with Gasteiger partial charge in [-0.1, -0.05) is 18.2 Å². The molecule has 3 heterocycles. The molecule has 0 spiro atoms. The summed E-state index contributed by atoms with van der Waals surface area (Å²) < 4.78 is 5.89. The Labute approximate surface area is 163 Å². The second-order valence-corrected chi connectivity index (χ2v) is 6.59. The maximum Gasteiger partial charge on any atom is 0.227 e. The lowest BCUT2D eigenvalue weighted by molar-refractivity contribution is -0.120. The van der Waals surface area contributed by atoms with E-state index in [4.69, 9.17) is 4.74 Å². The number of para-hydroxylation sites is 1. The lowest BCUT2D eigenvalue weighted by Gasteiger charge is -2.31. The molecule has 0 radical (unpaired) electrons. The van der Waals surface area contributed by atoms with Gasteiger partial charge in [-0.3, -0.25) is 9.78 Å². The van der Waals surface area contributed by atoms with Crippen molar-refractivity contribution in [2.75, 3.05) is 23.3 Å². The second kappa shape index (κ2) is 8.47. The van der Waals surface area contributed by atoms with Gasteiger partial charge in [0.15, 0.2) is 5.75 Å². The van der Waals surface area contributed by atoms with E-state index < -0.39 is 0 Å². The van der Waals surface area contributed by atoms with E-state index in [-0.39, 0.29) is 11.8 Å². The average Bonchev–Trinajstić information content (AvgIpc) is 2.76. The van der Waals surface area contributed by atoms with Crippen molar-refractivity contribution in [1.29, 1.82) is 0 Å². The summed E-state index contributed by atoms with van der Waals surface area (Å²) in [6.45, 7) is 1.50. The number of amides is 1. The molecule has 3 aromatic rings. The molecule has 0 unspecified atom stereocenters. The highest BCUT2D eigenvalue weighted by molar-refractivity contribution is 5.94. The largest absolute Gasteiger partial charge is 0.455 e. The van der Waals surface area contributed by atoms with E-state index in [1.807, 2.05) is 30.3 Å². The van der Waals surface area contributed by atoms with Crippen molar-refractivity contribution < 1.29 is 9.53 Å². The van der Waals surface area contributed by atoms with Gasteiger partial charge in [0, 0.05) is 43.7 Å². The van der Waals surface area contributed by atoms with Crippen molar-refractivity contribution in [3.8, 4) is 11.5 Å². The smallest absolute Gasteiger partial charge is 0.227 e. The summed E-state index contributed by atoms with van der Waals surface area (Å²) in [5.41, 5.74) is 0.574. The van der Waals surface area contributed by atoms with Crippen LogP contribution in [0.3, 0.4) is 0 Å². The fraction of sp³-hybridized carbons (Fsp3) is 0.238. The van der Waals surface area contributed by atoms with Crippen LogP contribution in [0, 0.1) is 5.92 Å². The van der Waals surface area contributed by atoms with Crippen molar-refractivity contribution in [1.82, 2.24) is 15.0 Å². The fourth-order valence-corrected chi connectivity index (χ4v) is 3.21. The van der Waals surface area contributed by atoms with E-state index in [9.17, 15) is 4.79 Å². The molecular weight excluding hydrogens is 354 g/mol. The van der Waals surface area contributed by atoms with Crippen molar-refractivity contribution in [2.24, 2.45) is 5.92 Å². The van der Waals surface area contributed by atoms with Gasteiger partial charge >= 0.3 is 0 Å². The Bertz CT molecular complexity index is 912. The number of carbonyl (C=O) groups is 1. The van der Waals surface area contributed by atoms with Crippen LogP contribution in [-0.2, 0) is 4.79 Å².